The molecule has 1 saturated heterocycles. The summed E-state index contributed by atoms with van der Waals surface area (Å²) in [6, 6.07) is 2.20. The Hall–Kier alpha value is -1.38. The van der Waals surface area contributed by atoms with Crippen molar-refractivity contribution >= 4 is 33.2 Å². The molecule has 1 aliphatic rings. The molecule has 3 heterocycles. The lowest BCUT2D eigenvalue weighted by molar-refractivity contribution is -0.123. The van der Waals surface area contributed by atoms with Crippen LogP contribution < -0.4 is 15.4 Å². The quantitative estimate of drug-likeness (QED) is 0.810. The molecule has 0 saturated carbocycles. The van der Waals surface area contributed by atoms with Crippen molar-refractivity contribution < 1.29 is 9.53 Å². The molecular formula is C15H19BrN4O2S. The molecule has 1 aliphatic heterocycles. The summed E-state index contributed by atoms with van der Waals surface area (Å²) < 4.78 is 8.03. The molecule has 1 amide bonds. The largest absolute Gasteiger partial charge is 0.486 e. The Balaban J connectivity index is 1.70. The summed E-state index contributed by atoms with van der Waals surface area (Å²) in [5, 5.41) is 11.7. The number of ether oxygens (including phenoxy) is 1. The van der Waals surface area contributed by atoms with E-state index in [9.17, 15) is 4.79 Å². The molecular weight excluding hydrogens is 380 g/mol. The van der Waals surface area contributed by atoms with E-state index >= 15 is 0 Å². The minimum atomic E-state index is -0.0461. The zero-order chi connectivity index (χ0) is 16.4. The Morgan fingerprint density at radius 2 is 2.43 bits per heavy atom. The van der Waals surface area contributed by atoms with Gasteiger partial charge in [-0.1, -0.05) is 0 Å². The van der Waals surface area contributed by atoms with Gasteiger partial charge in [0.2, 0.25) is 5.91 Å². The van der Waals surface area contributed by atoms with Gasteiger partial charge in [-0.2, -0.15) is 5.10 Å². The molecule has 0 radical (unpaired) electrons. The van der Waals surface area contributed by atoms with E-state index < -0.39 is 0 Å². The molecule has 0 bridgehead atoms. The summed E-state index contributed by atoms with van der Waals surface area (Å²) in [6.07, 6.45) is 5.13. The number of aryl methyl sites for hydroxylation is 1. The topological polar surface area (TPSA) is 68.2 Å². The highest BCUT2D eigenvalue weighted by molar-refractivity contribution is 9.10. The second-order valence-electron chi connectivity index (χ2n) is 5.57. The molecule has 2 aromatic heterocycles. The van der Waals surface area contributed by atoms with Crippen LogP contribution >= 0.6 is 27.3 Å². The summed E-state index contributed by atoms with van der Waals surface area (Å²) in [6.45, 7) is 0.740. The first-order chi connectivity index (χ1) is 11.1. The average Bonchev–Trinajstić information content (AvgIpc) is 3.11. The van der Waals surface area contributed by atoms with Crippen molar-refractivity contribution in [2.45, 2.75) is 31.5 Å². The minimum absolute atomic E-state index is 0.0461. The van der Waals surface area contributed by atoms with Gasteiger partial charge < -0.3 is 15.4 Å². The molecule has 2 N–H and O–H groups in total. The van der Waals surface area contributed by atoms with E-state index in [0.717, 1.165) is 28.1 Å². The number of piperidine rings is 1. The highest BCUT2D eigenvalue weighted by Crippen LogP contribution is 2.35. The molecule has 2 atom stereocenters. The number of hydrogen-bond acceptors (Lipinski definition) is 5. The monoisotopic (exact) mass is 398 g/mol. The fourth-order valence-corrected chi connectivity index (χ4v) is 4.43. The van der Waals surface area contributed by atoms with Crippen molar-refractivity contribution in [3.8, 4) is 5.06 Å². The molecule has 1 fully saturated rings. The fourth-order valence-electron chi connectivity index (χ4n) is 2.79. The van der Waals surface area contributed by atoms with E-state index in [2.05, 4.69) is 37.7 Å². The number of thiophene rings is 1. The van der Waals surface area contributed by atoms with Crippen LogP contribution in [0.15, 0.2) is 22.9 Å². The summed E-state index contributed by atoms with van der Waals surface area (Å²) >= 11 is 5.11. The number of methoxy groups -OCH3 is 1. The lowest BCUT2D eigenvalue weighted by atomic mass is 9.94. The Morgan fingerprint density at radius 3 is 3.09 bits per heavy atom. The van der Waals surface area contributed by atoms with Gasteiger partial charge in [0.25, 0.3) is 0 Å². The number of halogens is 1. The van der Waals surface area contributed by atoms with E-state index in [0.29, 0.717) is 6.42 Å². The number of hydrogen-bond donors (Lipinski definition) is 2. The van der Waals surface area contributed by atoms with Crippen LogP contribution in [0.1, 0.15) is 29.3 Å². The maximum atomic E-state index is 11.8. The van der Waals surface area contributed by atoms with E-state index in [4.69, 9.17) is 4.74 Å². The molecule has 6 nitrogen and oxygen atoms in total. The van der Waals surface area contributed by atoms with Gasteiger partial charge in [-0.15, -0.1) is 11.3 Å². The number of rotatable bonds is 5. The summed E-state index contributed by atoms with van der Waals surface area (Å²) in [4.78, 5) is 13.0. The van der Waals surface area contributed by atoms with Crippen LogP contribution in [0, 0.1) is 0 Å². The van der Waals surface area contributed by atoms with Crippen molar-refractivity contribution in [2.24, 2.45) is 7.05 Å². The average molecular weight is 399 g/mol. The van der Waals surface area contributed by atoms with Crippen LogP contribution in [0.3, 0.4) is 0 Å². The van der Waals surface area contributed by atoms with Gasteiger partial charge in [0.1, 0.15) is 0 Å². The van der Waals surface area contributed by atoms with Gasteiger partial charge in [-0.25, -0.2) is 0 Å². The second kappa shape index (κ2) is 7.02. The Kier molecular flexibility index (Phi) is 5.03. The number of aromatic nitrogens is 2. The van der Waals surface area contributed by atoms with Gasteiger partial charge in [0.05, 0.1) is 23.8 Å². The van der Waals surface area contributed by atoms with E-state index in [1.807, 2.05) is 19.4 Å². The predicted octanol–water partition coefficient (Wildman–Crippen LogP) is 2.36. The Morgan fingerprint density at radius 1 is 1.61 bits per heavy atom. The summed E-state index contributed by atoms with van der Waals surface area (Å²) in [5.41, 5.74) is 1.03. The summed E-state index contributed by atoms with van der Waals surface area (Å²) in [5.74, 6) is 0.0949. The number of nitrogens with one attached hydrogen (secondary N) is 2. The number of carbonyl (C=O) groups excluding carboxylic acids is 1. The van der Waals surface area contributed by atoms with Crippen molar-refractivity contribution in [3.05, 3.63) is 33.4 Å². The zero-order valence-corrected chi connectivity index (χ0v) is 15.4. The molecule has 3 rings (SSSR count). The first kappa shape index (κ1) is 16.5. The molecule has 0 spiro atoms. The smallest absolute Gasteiger partial charge is 0.220 e. The number of nitrogens with zero attached hydrogens (tertiary/aromatic N) is 2. The van der Waals surface area contributed by atoms with E-state index in [1.54, 1.807) is 23.1 Å². The number of carbonyl (C=O) groups is 1. The van der Waals surface area contributed by atoms with Crippen molar-refractivity contribution in [3.63, 3.8) is 0 Å². The normalized spacial score (nSPS) is 21.3. The predicted molar refractivity (Wildman–Crippen MR) is 92.5 cm³/mol. The lowest BCUT2D eigenvalue weighted by Crippen LogP contribution is -2.48. The first-order valence-corrected chi connectivity index (χ1v) is 9.01. The van der Waals surface area contributed by atoms with Gasteiger partial charge >= 0.3 is 0 Å². The highest BCUT2D eigenvalue weighted by atomic mass is 79.9. The second-order valence-corrected chi connectivity index (χ2v) is 7.52. The van der Waals surface area contributed by atoms with Gasteiger partial charge in [-0.05, 0) is 28.4 Å². The van der Waals surface area contributed by atoms with Crippen LogP contribution in [-0.2, 0) is 18.4 Å². The molecule has 124 valence electrons. The highest BCUT2D eigenvalue weighted by Gasteiger charge is 2.30. The van der Waals surface area contributed by atoms with Gasteiger partial charge in [0, 0.05) is 42.7 Å². The van der Waals surface area contributed by atoms with Crippen LogP contribution in [0.25, 0.3) is 0 Å². The van der Waals surface area contributed by atoms with Crippen molar-refractivity contribution in [2.75, 3.05) is 7.11 Å². The fraction of sp³-hybridized carbons (Fsp3) is 0.467. The third-order valence-corrected chi connectivity index (χ3v) is 5.86. The van der Waals surface area contributed by atoms with Crippen LogP contribution in [0.5, 0.6) is 5.06 Å². The molecule has 2 aromatic rings. The standard InChI is InChI=1S/C15H19BrN4O2S/c1-20-8-9(6-18-20)14-12(3-4-13(21)19-14)17-7-10-5-11(16)15(22-2)23-10/h5-6,8,12,14,17H,3-4,7H2,1-2H3,(H,19,21)/t12-,14+/m1/s1. The third-order valence-electron chi connectivity index (χ3n) is 3.92. The third kappa shape index (κ3) is 3.76. The Labute approximate surface area is 147 Å². The molecule has 8 heteroatoms. The minimum Gasteiger partial charge on any atom is -0.486 e. The number of amides is 1. The maximum absolute atomic E-state index is 11.8. The van der Waals surface area contributed by atoms with Crippen molar-refractivity contribution in [1.82, 2.24) is 20.4 Å². The lowest BCUT2D eigenvalue weighted by Gasteiger charge is -2.32. The zero-order valence-electron chi connectivity index (χ0n) is 13.0. The van der Waals surface area contributed by atoms with Crippen molar-refractivity contribution in [1.29, 1.82) is 0 Å². The molecule has 23 heavy (non-hydrogen) atoms. The van der Waals surface area contributed by atoms with Crippen LogP contribution in [-0.4, -0.2) is 28.8 Å². The maximum Gasteiger partial charge on any atom is 0.220 e. The molecule has 0 aliphatic carbocycles. The van der Waals surface area contributed by atoms with Crippen LogP contribution in [0.4, 0.5) is 0 Å². The van der Waals surface area contributed by atoms with E-state index in [-0.39, 0.29) is 18.0 Å². The van der Waals surface area contributed by atoms with E-state index in [1.165, 1.54) is 4.88 Å². The molecule has 0 unspecified atom stereocenters. The van der Waals surface area contributed by atoms with Crippen LogP contribution in [0.2, 0.25) is 0 Å². The first-order valence-electron chi connectivity index (χ1n) is 7.40. The summed E-state index contributed by atoms with van der Waals surface area (Å²) in [7, 11) is 3.55. The van der Waals surface area contributed by atoms with Gasteiger partial charge in [0.15, 0.2) is 5.06 Å². The Bertz CT molecular complexity index is 699. The molecule has 0 aromatic carbocycles. The van der Waals surface area contributed by atoms with Gasteiger partial charge in [-0.3, -0.25) is 9.48 Å². The SMILES string of the molecule is COc1sc(CN[C@@H]2CCC(=O)N[C@H]2c2cnn(C)c2)cc1Br.